The summed E-state index contributed by atoms with van der Waals surface area (Å²) in [5.41, 5.74) is 1.64. The van der Waals surface area contributed by atoms with Gasteiger partial charge in [0.15, 0.2) is 5.16 Å². The number of carbonyl (C=O) groups is 1. The molecule has 3 rings (SSSR count). The SMILES string of the molecule is CCn1c(SCC(=O)NCCOc2cccc(C)c2)nc2ccc(Br)cc2c1=O. The fourth-order valence-corrected chi connectivity index (χ4v) is 4.06. The van der Waals surface area contributed by atoms with Crippen molar-refractivity contribution in [3.05, 3.63) is 62.9 Å². The highest BCUT2D eigenvalue weighted by Gasteiger charge is 2.12. The minimum Gasteiger partial charge on any atom is -0.492 e. The first-order valence-electron chi connectivity index (χ1n) is 9.27. The van der Waals surface area contributed by atoms with Crippen molar-refractivity contribution in [3.63, 3.8) is 0 Å². The standard InChI is InChI=1S/C21H22BrN3O3S/c1-3-25-20(27)17-12-15(22)7-8-18(17)24-21(25)29-13-19(26)23-9-10-28-16-6-4-5-14(2)11-16/h4-8,11-12H,3,9-10,13H2,1-2H3,(H,23,26). The average Bonchev–Trinajstić information content (AvgIpc) is 2.70. The molecule has 0 atom stereocenters. The Balaban J connectivity index is 1.56. The molecule has 2 aromatic carbocycles. The van der Waals surface area contributed by atoms with Gasteiger partial charge < -0.3 is 10.1 Å². The Morgan fingerprint density at radius 3 is 2.86 bits per heavy atom. The van der Waals surface area contributed by atoms with Crippen molar-refractivity contribution in [2.24, 2.45) is 0 Å². The summed E-state index contributed by atoms with van der Waals surface area (Å²) in [6.45, 7) is 5.18. The fraction of sp³-hybridized carbons (Fsp3) is 0.286. The van der Waals surface area contributed by atoms with Crippen LogP contribution in [0.5, 0.6) is 5.75 Å². The predicted octanol–water partition coefficient (Wildman–Crippen LogP) is 3.77. The molecule has 0 aliphatic rings. The number of nitrogens with one attached hydrogen (secondary N) is 1. The summed E-state index contributed by atoms with van der Waals surface area (Å²) in [6, 6.07) is 13.2. The number of hydrogen-bond acceptors (Lipinski definition) is 5. The summed E-state index contributed by atoms with van der Waals surface area (Å²) >= 11 is 4.64. The number of hydrogen-bond donors (Lipinski definition) is 1. The van der Waals surface area contributed by atoms with Crippen LogP contribution in [0.25, 0.3) is 10.9 Å². The first kappa shape index (κ1) is 21.4. The minimum absolute atomic E-state index is 0.103. The van der Waals surface area contributed by atoms with Crippen LogP contribution >= 0.6 is 27.7 Å². The first-order chi connectivity index (χ1) is 14.0. The van der Waals surface area contributed by atoms with Gasteiger partial charge in [-0.2, -0.15) is 0 Å². The van der Waals surface area contributed by atoms with E-state index in [-0.39, 0.29) is 17.2 Å². The van der Waals surface area contributed by atoms with Crippen molar-refractivity contribution in [3.8, 4) is 5.75 Å². The minimum atomic E-state index is -0.129. The second-order valence-corrected chi connectivity index (χ2v) is 8.27. The van der Waals surface area contributed by atoms with E-state index in [1.54, 1.807) is 16.7 Å². The van der Waals surface area contributed by atoms with E-state index in [2.05, 4.69) is 26.2 Å². The third-order valence-electron chi connectivity index (χ3n) is 4.21. The molecule has 1 amide bonds. The zero-order valence-electron chi connectivity index (χ0n) is 16.3. The molecule has 0 aliphatic carbocycles. The molecule has 0 spiro atoms. The summed E-state index contributed by atoms with van der Waals surface area (Å²) in [4.78, 5) is 29.4. The lowest BCUT2D eigenvalue weighted by molar-refractivity contribution is -0.118. The number of halogens is 1. The number of amides is 1. The molecule has 8 heteroatoms. The van der Waals surface area contributed by atoms with E-state index < -0.39 is 0 Å². The Kier molecular flexibility index (Phi) is 7.33. The van der Waals surface area contributed by atoms with Crippen LogP contribution in [0.2, 0.25) is 0 Å². The molecule has 1 heterocycles. The van der Waals surface area contributed by atoms with Gasteiger partial charge in [0, 0.05) is 11.0 Å². The molecule has 0 saturated heterocycles. The largest absolute Gasteiger partial charge is 0.492 e. The van der Waals surface area contributed by atoms with Gasteiger partial charge in [0.2, 0.25) is 5.91 Å². The van der Waals surface area contributed by atoms with E-state index in [9.17, 15) is 9.59 Å². The van der Waals surface area contributed by atoms with Gasteiger partial charge in [0.1, 0.15) is 12.4 Å². The average molecular weight is 476 g/mol. The van der Waals surface area contributed by atoms with E-state index in [4.69, 9.17) is 4.74 Å². The van der Waals surface area contributed by atoms with Crippen molar-refractivity contribution in [1.29, 1.82) is 0 Å². The molecule has 0 bridgehead atoms. The molecule has 1 N–H and O–H groups in total. The summed E-state index contributed by atoms with van der Waals surface area (Å²) in [5, 5.41) is 3.93. The fourth-order valence-electron chi connectivity index (χ4n) is 2.81. The van der Waals surface area contributed by atoms with Crippen LogP contribution in [0.1, 0.15) is 12.5 Å². The van der Waals surface area contributed by atoms with E-state index >= 15 is 0 Å². The number of aryl methyl sites for hydroxylation is 1. The maximum Gasteiger partial charge on any atom is 0.262 e. The van der Waals surface area contributed by atoms with Gasteiger partial charge in [0.05, 0.1) is 23.2 Å². The second-order valence-electron chi connectivity index (χ2n) is 6.41. The molecular weight excluding hydrogens is 454 g/mol. The Morgan fingerprint density at radius 2 is 2.10 bits per heavy atom. The summed E-state index contributed by atoms with van der Waals surface area (Å²) < 4.78 is 8.05. The molecular formula is C21H22BrN3O3S. The van der Waals surface area contributed by atoms with Crippen molar-refractivity contribution in [1.82, 2.24) is 14.9 Å². The molecule has 0 radical (unpaired) electrons. The lowest BCUT2D eigenvalue weighted by Gasteiger charge is -2.12. The number of nitrogens with zero attached hydrogens (tertiary/aromatic N) is 2. The molecule has 3 aromatic rings. The topological polar surface area (TPSA) is 73.2 Å². The molecule has 0 unspecified atom stereocenters. The number of aromatic nitrogens is 2. The monoisotopic (exact) mass is 475 g/mol. The molecule has 29 heavy (non-hydrogen) atoms. The smallest absolute Gasteiger partial charge is 0.262 e. The van der Waals surface area contributed by atoms with E-state index in [1.165, 1.54) is 11.8 Å². The number of benzene rings is 2. The Bertz CT molecular complexity index is 1080. The van der Waals surface area contributed by atoms with E-state index in [1.807, 2.05) is 44.2 Å². The molecule has 152 valence electrons. The normalized spacial score (nSPS) is 10.9. The predicted molar refractivity (Wildman–Crippen MR) is 120 cm³/mol. The number of ether oxygens (including phenoxy) is 1. The Labute approximate surface area is 181 Å². The van der Waals surface area contributed by atoms with Crippen molar-refractivity contribution >= 4 is 44.5 Å². The van der Waals surface area contributed by atoms with Crippen LogP contribution in [-0.4, -0.2) is 34.4 Å². The molecule has 0 fully saturated rings. The number of fused-ring (bicyclic) bond motifs is 1. The van der Waals surface area contributed by atoms with Crippen LogP contribution < -0.4 is 15.6 Å². The maximum absolute atomic E-state index is 12.7. The first-order valence-corrected chi connectivity index (χ1v) is 11.0. The summed E-state index contributed by atoms with van der Waals surface area (Å²) in [6.07, 6.45) is 0. The van der Waals surface area contributed by atoms with Gasteiger partial charge in [-0.3, -0.25) is 14.2 Å². The van der Waals surface area contributed by atoms with Crippen molar-refractivity contribution in [2.45, 2.75) is 25.5 Å². The lowest BCUT2D eigenvalue weighted by atomic mass is 10.2. The molecule has 1 aromatic heterocycles. The molecule has 6 nitrogen and oxygen atoms in total. The Morgan fingerprint density at radius 1 is 1.28 bits per heavy atom. The Hall–Kier alpha value is -2.32. The third-order valence-corrected chi connectivity index (χ3v) is 5.68. The van der Waals surface area contributed by atoms with E-state index in [0.717, 1.165) is 15.8 Å². The van der Waals surface area contributed by atoms with Gasteiger partial charge in [-0.05, 0) is 49.7 Å². The van der Waals surface area contributed by atoms with Gasteiger partial charge in [-0.15, -0.1) is 0 Å². The highest BCUT2D eigenvalue weighted by molar-refractivity contribution is 9.10. The van der Waals surface area contributed by atoms with Crippen molar-refractivity contribution in [2.75, 3.05) is 18.9 Å². The van der Waals surface area contributed by atoms with Gasteiger partial charge >= 0.3 is 0 Å². The van der Waals surface area contributed by atoms with Gasteiger partial charge in [-0.25, -0.2) is 4.98 Å². The number of rotatable bonds is 8. The summed E-state index contributed by atoms with van der Waals surface area (Å²) in [7, 11) is 0. The number of thioether (sulfide) groups is 1. The van der Waals surface area contributed by atoms with E-state index in [0.29, 0.717) is 35.8 Å². The van der Waals surface area contributed by atoms with Crippen molar-refractivity contribution < 1.29 is 9.53 Å². The molecule has 0 saturated carbocycles. The quantitative estimate of drug-likeness (QED) is 0.305. The highest BCUT2D eigenvalue weighted by atomic mass is 79.9. The van der Waals surface area contributed by atoms with Crippen LogP contribution in [0, 0.1) is 6.92 Å². The summed E-state index contributed by atoms with van der Waals surface area (Å²) in [5.74, 6) is 0.835. The number of carbonyl (C=O) groups excluding carboxylic acids is 1. The molecule has 0 aliphatic heterocycles. The third kappa shape index (κ3) is 5.61. The maximum atomic E-state index is 12.7. The lowest BCUT2D eigenvalue weighted by Crippen LogP contribution is -2.30. The highest BCUT2D eigenvalue weighted by Crippen LogP contribution is 2.20. The van der Waals surface area contributed by atoms with Gasteiger partial charge in [-0.1, -0.05) is 39.8 Å². The second kappa shape index (κ2) is 9.93. The van der Waals surface area contributed by atoms with Crippen LogP contribution in [0.4, 0.5) is 0 Å². The zero-order valence-corrected chi connectivity index (χ0v) is 18.7. The zero-order chi connectivity index (χ0) is 20.8. The van der Waals surface area contributed by atoms with Gasteiger partial charge in [0.25, 0.3) is 5.56 Å². The van der Waals surface area contributed by atoms with Crippen LogP contribution in [0.3, 0.4) is 0 Å². The van der Waals surface area contributed by atoms with Crippen LogP contribution in [0.15, 0.2) is 56.9 Å². The van der Waals surface area contributed by atoms with Crippen LogP contribution in [-0.2, 0) is 11.3 Å².